The molecule has 0 aromatic carbocycles. The number of nitrogens with zero attached hydrogens (tertiary/aromatic N) is 2. The summed E-state index contributed by atoms with van der Waals surface area (Å²) in [5.74, 6) is 0. The fraction of sp³-hybridized carbons (Fsp3) is 1.00. The molecule has 2 N–H and O–H groups in total. The summed E-state index contributed by atoms with van der Waals surface area (Å²) in [5.41, 5.74) is 5.91. The largest absolute Gasteiger partial charge is 0.324 e. The molecule has 1 aliphatic heterocycles. The first-order valence-electron chi connectivity index (χ1n) is 5.56. The SMILES string of the molecule is CN(CC1CCCN1C)CC(C)(C)N. The average Bonchev–Trinajstić information content (AvgIpc) is 2.32. The lowest BCUT2D eigenvalue weighted by Gasteiger charge is -2.30. The molecule has 0 radical (unpaired) electrons. The highest BCUT2D eigenvalue weighted by Gasteiger charge is 2.23. The predicted octanol–water partition coefficient (Wildman–Crippen LogP) is 0.750. The molecular formula is C11H25N3. The van der Waals surface area contributed by atoms with Gasteiger partial charge in [-0.2, -0.15) is 0 Å². The lowest BCUT2D eigenvalue weighted by Crippen LogP contribution is -2.47. The molecule has 1 saturated heterocycles. The minimum absolute atomic E-state index is 0.0775. The van der Waals surface area contributed by atoms with Crippen LogP contribution in [-0.2, 0) is 0 Å². The molecular weight excluding hydrogens is 174 g/mol. The molecule has 1 aliphatic rings. The Morgan fingerprint density at radius 2 is 2.14 bits per heavy atom. The molecule has 0 amide bonds. The van der Waals surface area contributed by atoms with E-state index in [1.165, 1.54) is 19.4 Å². The van der Waals surface area contributed by atoms with Gasteiger partial charge in [0.05, 0.1) is 0 Å². The third-order valence-electron chi connectivity index (χ3n) is 2.87. The van der Waals surface area contributed by atoms with Gasteiger partial charge in [0.2, 0.25) is 0 Å². The second-order valence-electron chi connectivity index (χ2n) is 5.46. The number of hydrogen-bond donors (Lipinski definition) is 1. The van der Waals surface area contributed by atoms with E-state index in [0.717, 1.165) is 19.1 Å². The van der Waals surface area contributed by atoms with E-state index < -0.39 is 0 Å². The molecule has 1 unspecified atom stereocenters. The zero-order chi connectivity index (χ0) is 10.8. The van der Waals surface area contributed by atoms with Crippen LogP contribution in [0.5, 0.6) is 0 Å². The van der Waals surface area contributed by atoms with Gasteiger partial charge >= 0.3 is 0 Å². The first-order chi connectivity index (χ1) is 6.38. The van der Waals surface area contributed by atoms with Crippen LogP contribution in [0.1, 0.15) is 26.7 Å². The van der Waals surface area contributed by atoms with Gasteiger partial charge in [-0.1, -0.05) is 0 Å². The van der Waals surface area contributed by atoms with Crippen molar-refractivity contribution in [3.05, 3.63) is 0 Å². The molecule has 1 heterocycles. The highest BCUT2D eigenvalue weighted by Crippen LogP contribution is 2.15. The van der Waals surface area contributed by atoms with Crippen LogP contribution in [0.15, 0.2) is 0 Å². The molecule has 0 saturated carbocycles. The maximum atomic E-state index is 5.99. The molecule has 0 bridgehead atoms. The van der Waals surface area contributed by atoms with E-state index in [1.54, 1.807) is 0 Å². The van der Waals surface area contributed by atoms with Crippen LogP contribution < -0.4 is 5.73 Å². The van der Waals surface area contributed by atoms with Crippen LogP contribution >= 0.6 is 0 Å². The van der Waals surface area contributed by atoms with E-state index in [4.69, 9.17) is 5.73 Å². The summed E-state index contributed by atoms with van der Waals surface area (Å²) in [6.45, 7) is 7.54. The Hall–Kier alpha value is -0.120. The van der Waals surface area contributed by atoms with E-state index in [9.17, 15) is 0 Å². The van der Waals surface area contributed by atoms with Crippen LogP contribution in [0, 0.1) is 0 Å². The maximum Gasteiger partial charge on any atom is 0.0225 e. The summed E-state index contributed by atoms with van der Waals surface area (Å²) in [5, 5.41) is 0. The van der Waals surface area contributed by atoms with Gasteiger partial charge in [0.1, 0.15) is 0 Å². The predicted molar refractivity (Wildman–Crippen MR) is 61.4 cm³/mol. The lowest BCUT2D eigenvalue weighted by molar-refractivity contribution is 0.197. The molecule has 0 aliphatic carbocycles. The molecule has 1 atom stereocenters. The topological polar surface area (TPSA) is 32.5 Å². The van der Waals surface area contributed by atoms with Gasteiger partial charge in [-0.25, -0.2) is 0 Å². The van der Waals surface area contributed by atoms with Crippen LogP contribution in [0.3, 0.4) is 0 Å². The molecule has 0 spiro atoms. The van der Waals surface area contributed by atoms with Gasteiger partial charge in [0.25, 0.3) is 0 Å². The van der Waals surface area contributed by atoms with E-state index >= 15 is 0 Å². The second kappa shape index (κ2) is 4.60. The van der Waals surface area contributed by atoms with Gasteiger partial charge in [0, 0.05) is 24.7 Å². The minimum Gasteiger partial charge on any atom is -0.324 e. The van der Waals surface area contributed by atoms with Crippen LogP contribution in [0.25, 0.3) is 0 Å². The minimum atomic E-state index is -0.0775. The quantitative estimate of drug-likeness (QED) is 0.725. The van der Waals surface area contributed by atoms with Crippen LogP contribution in [0.4, 0.5) is 0 Å². The molecule has 1 fully saturated rings. The molecule has 3 nitrogen and oxygen atoms in total. The van der Waals surface area contributed by atoms with Crippen LogP contribution in [0.2, 0.25) is 0 Å². The number of likely N-dealkylation sites (N-methyl/N-ethyl adjacent to an activating group) is 2. The first kappa shape index (κ1) is 12.0. The molecule has 0 aromatic rings. The van der Waals surface area contributed by atoms with Crippen molar-refractivity contribution in [3.63, 3.8) is 0 Å². The lowest BCUT2D eigenvalue weighted by atomic mass is 10.1. The smallest absolute Gasteiger partial charge is 0.0225 e. The van der Waals surface area contributed by atoms with E-state index in [-0.39, 0.29) is 5.54 Å². The molecule has 0 aromatic heterocycles. The molecule has 3 heteroatoms. The first-order valence-corrected chi connectivity index (χ1v) is 5.56. The van der Waals surface area contributed by atoms with Crippen molar-refractivity contribution in [1.29, 1.82) is 0 Å². The third-order valence-corrected chi connectivity index (χ3v) is 2.87. The second-order valence-corrected chi connectivity index (χ2v) is 5.46. The van der Waals surface area contributed by atoms with Crippen molar-refractivity contribution in [2.24, 2.45) is 5.73 Å². The summed E-state index contributed by atoms with van der Waals surface area (Å²) >= 11 is 0. The van der Waals surface area contributed by atoms with Crippen molar-refractivity contribution >= 4 is 0 Å². The fourth-order valence-corrected chi connectivity index (χ4v) is 2.33. The van der Waals surface area contributed by atoms with Gasteiger partial charge in [-0.05, 0) is 47.3 Å². The Morgan fingerprint density at radius 1 is 1.50 bits per heavy atom. The fourth-order valence-electron chi connectivity index (χ4n) is 2.33. The van der Waals surface area contributed by atoms with Gasteiger partial charge in [-0.15, -0.1) is 0 Å². The van der Waals surface area contributed by atoms with Crippen molar-refractivity contribution < 1.29 is 0 Å². The van der Waals surface area contributed by atoms with Crippen molar-refractivity contribution in [3.8, 4) is 0 Å². The summed E-state index contributed by atoms with van der Waals surface area (Å²) in [6, 6.07) is 0.738. The highest BCUT2D eigenvalue weighted by atomic mass is 15.2. The highest BCUT2D eigenvalue weighted by molar-refractivity contribution is 4.82. The Kier molecular flexibility index (Phi) is 3.93. The molecule has 1 rings (SSSR count). The molecule has 14 heavy (non-hydrogen) atoms. The normalized spacial score (nSPS) is 24.9. The summed E-state index contributed by atoms with van der Waals surface area (Å²) in [4.78, 5) is 4.81. The Labute approximate surface area is 88.2 Å². The van der Waals surface area contributed by atoms with Crippen molar-refractivity contribution in [2.45, 2.75) is 38.3 Å². The van der Waals surface area contributed by atoms with Crippen molar-refractivity contribution in [1.82, 2.24) is 9.80 Å². The summed E-state index contributed by atoms with van der Waals surface area (Å²) < 4.78 is 0. The van der Waals surface area contributed by atoms with Crippen LogP contribution in [-0.4, -0.2) is 55.1 Å². The number of nitrogens with two attached hydrogens (primary N) is 1. The van der Waals surface area contributed by atoms with E-state index in [0.29, 0.717) is 0 Å². The average molecular weight is 199 g/mol. The maximum absolute atomic E-state index is 5.99. The van der Waals surface area contributed by atoms with Gasteiger partial charge in [0.15, 0.2) is 0 Å². The monoisotopic (exact) mass is 199 g/mol. The number of rotatable bonds is 4. The Morgan fingerprint density at radius 3 is 2.57 bits per heavy atom. The van der Waals surface area contributed by atoms with Gasteiger partial charge < -0.3 is 15.5 Å². The summed E-state index contributed by atoms with van der Waals surface area (Å²) in [6.07, 6.45) is 2.69. The standard InChI is InChI=1S/C11H25N3/c1-11(2,12)9-13(3)8-10-6-5-7-14(10)4/h10H,5-9,12H2,1-4H3. The third kappa shape index (κ3) is 3.95. The van der Waals surface area contributed by atoms with Crippen molar-refractivity contribution in [2.75, 3.05) is 33.7 Å². The number of likely N-dealkylation sites (tertiary alicyclic amines) is 1. The zero-order valence-corrected chi connectivity index (χ0v) is 10.1. The summed E-state index contributed by atoms with van der Waals surface area (Å²) in [7, 11) is 4.39. The van der Waals surface area contributed by atoms with E-state index in [1.807, 2.05) is 0 Å². The zero-order valence-electron chi connectivity index (χ0n) is 10.1. The van der Waals surface area contributed by atoms with Gasteiger partial charge in [-0.3, -0.25) is 0 Å². The van der Waals surface area contributed by atoms with E-state index in [2.05, 4.69) is 37.7 Å². The Bertz CT molecular complexity index is 174. The Balaban J connectivity index is 2.29. The number of hydrogen-bond acceptors (Lipinski definition) is 3. The molecule has 84 valence electrons.